The minimum atomic E-state index is -1.21. The van der Waals surface area contributed by atoms with Gasteiger partial charge in [-0.1, -0.05) is 0 Å². The van der Waals surface area contributed by atoms with Gasteiger partial charge in [0.25, 0.3) is 0 Å². The summed E-state index contributed by atoms with van der Waals surface area (Å²) in [5, 5.41) is 29.1. The summed E-state index contributed by atoms with van der Waals surface area (Å²) in [5.74, 6) is -1.21. The summed E-state index contributed by atoms with van der Waals surface area (Å²) in [6, 6.07) is -1.18. The molecule has 0 aliphatic carbocycles. The Hall–Kier alpha value is -1.38. The van der Waals surface area contributed by atoms with Crippen LogP contribution in [0, 0.1) is 0 Å². The second kappa shape index (κ2) is 8.72. The van der Waals surface area contributed by atoms with Gasteiger partial charge in [-0.2, -0.15) is 0 Å². The maximum Gasteiger partial charge on any atom is 0.408 e. The van der Waals surface area contributed by atoms with Crippen molar-refractivity contribution in [3.05, 3.63) is 0 Å². The van der Waals surface area contributed by atoms with E-state index in [1.165, 1.54) is 4.90 Å². The van der Waals surface area contributed by atoms with E-state index in [0.29, 0.717) is 0 Å². The zero-order valence-electron chi connectivity index (χ0n) is 12.1. The number of amides is 1. The standard InChI is InChI=1S/C12H24N2O6/c1-12(2,3)20-11(19)13-9(10(17)18)8-14(4-6-15)5-7-16/h9,15-16H,4-8H2,1-3H3,(H,13,19)(H,17,18)/t9-/m0/s1. The number of hydrogen-bond acceptors (Lipinski definition) is 6. The molecule has 4 N–H and O–H groups in total. The third-order valence-corrected chi connectivity index (χ3v) is 2.26. The molecule has 0 aliphatic heterocycles. The van der Waals surface area contributed by atoms with E-state index in [-0.39, 0.29) is 32.8 Å². The SMILES string of the molecule is CC(C)(C)OC(=O)N[C@@H](CN(CCO)CCO)C(=O)O. The molecule has 0 spiro atoms. The fraction of sp³-hybridized carbons (Fsp3) is 0.833. The average molecular weight is 292 g/mol. The molecule has 8 heteroatoms. The molecule has 0 radical (unpaired) electrons. The van der Waals surface area contributed by atoms with Crippen molar-refractivity contribution in [2.75, 3.05) is 32.8 Å². The van der Waals surface area contributed by atoms with Crippen LogP contribution in [0.2, 0.25) is 0 Å². The molecule has 0 aromatic heterocycles. The molecule has 1 atom stereocenters. The molecule has 0 saturated carbocycles. The van der Waals surface area contributed by atoms with E-state index in [0.717, 1.165) is 0 Å². The number of carboxylic acid groups (broad SMARTS) is 1. The van der Waals surface area contributed by atoms with Gasteiger partial charge in [0.2, 0.25) is 0 Å². The number of nitrogens with one attached hydrogen (secondary N) is 1. The molecule has 0 unspecified atom stereocenters. The first-order chi connectivity index (χ1) is 9.19. The van der Waals surface area contributed by atoms with Gasteiger partial charge in [-0.25, -0.2) is 9.59 Å². The molecule has 0 bridgehead atoms. The summed E-state index contributed by atoms with van der Waals surface area (Å²) in [6.45, 7) is 5.07. The van der Waals surface area contributed by atoms with Gasteiger partial charge in [0.05, 0.1) is 13.2 Å². The number of carboxylic acids is 1. The van der Waals surface area contributed by atoms with Gasteiger partial charge in [-0.3, -0.25) is 4.90 Å². The Morgan fingerprint density at radius 2 is 1.70 bits per heavy atom. The van der Waals surface area contributed by atoms with E-state index in [4.69, 9.17) is 20.1 Å². The lowest BCUT2D eigenvalue weighted by Gasteiger charge is -2.26. The Bertz CT molecular complexity index is 310. The Labute approximate surface area is 118 Å². The van der Waals surface area contributed by atoms with Crippen LogP contribution in [0.4, 0.5) is 4.79 Å². The van der Waals surface area contributed by atoms with E-state index in [1.807, 2.05) is 0 Å². The van der Waals surface area contributed by atoms with Crippen LogP contribution in [-0.2, 0) is 9.53 Å². The zero-order chi connectivity index (χ0) is 15.8. The first kappa shape index (κ1) is 18.6. The van der Waals surface area contributed by atoms with Crippen molar-refractivity contribution in [2.24, 2.45) is 0 Å². The number of aliphatic hydroxyl groups is 2. The molecule has 0 aromatic carbocycles. The van der Waals surface area contributed by atoms with Crippen molar-refractivity contribution < 1.29 is 29.6 Å². The van der Waals surface area contributed by atoms with Gasteiger partial charge in [0.1, 0.15) is 11.6 Å². The van der Waals surface area contributed by atoms with Gasteiger partial charge in [0, 0.05) is 19.6 Å². The van der Waals surface area contributed by atoms with Crippen LogP contribution < -0.4 is 5.32 Å². The number of aliphatic hydroxyl groups excluding tert-OH is 2. The van der Waals surface area contributed by atoms with Crippen LogP contribution in [0.5, 0.6) is 0 Å². The molecule has 8 nitrogen and oxygen atoms in total. The van der Waals surface area contributed by atoms with Gasteiger partial charge in [-0.15, -0.1) is 0 Å². The molecule has 1 amide bonds. The van der Waals surface area contributed by atoms with Crippen LogP contribution in [0.1, 0.15) is 20.8 Å². The number of rotatable bonds is 8. The minimum absolute atomic E-state index is 0.0320. The number of nitrogens with zero attached hydrogens (tertiary/aromatic N) is 1. The van der Waals surface area contributed by atoms with Crippen LogP contribution in [0.15, 0.2) is 0 Å². The predicted molar refractivity (Wildman–Crippen MR) is 71.4 cm³/mol. The zero-order valence-corrected chi connectivity index (χ0v) is 12.1. The Morgan fingerprint density at radius 1 is 1.20 bits per heavy atom. The van der Waals surface area contributed by atoms with Crippen molar-refractivity contribution in [3.8, 4) is 0 Å². The minimum Gasteiger partial charge on any atom is -0.480 e. The molecule has 0 aromatic rings. The molecular formula is C12H24N2O6. The van der Waals surface area contributed by atoms with E-state index in [9.17, 15) is 9.59 Å². The fourth-order valence-electron chi connectivity index (χ4n) is 1.47. The van der Waals surface area contributed by atoms with E-state index in [1.54, 1.807) is 20.8 Å². The molecule has 0 aliphatic rings. The lowest BCUT2D eigenvalue weighted by molar-refractivity contribution is -0.140. The maximum absolute atomic E-state index is 11.6. The molecular weight excluding hydrogens is 268 g/mol. The highest BCUT2D eigenvalue weighted by atomic mass is 16.6. The van der Waals surface area contributed by atoms with Gasteiger partial charge in [0.15, 0.2) is 0 Å². The third-order valence-electron chi connectivity index (χ3n) is 2.26. The number of carbonyl (C=O) groups is 2. The molecule has 0 rings (SSSR count). The number of hydrogen-bond donors (Lipinski definition) is 4. The monoisotopic (exact) mass is 292 g/mol. The molecule has 20 heavy (non-hydrogen) atoms. The third kappa shape index (κ3) is 8.68. The number of alkyl carbamates (subject to hydrolysis) is 1. The quantitative estimate of drug-likeness (QED) is 0.465. The number of carbonyl (C=O) groups excluding carboxylic acids is 1. The highest BCUT2D eigenvalue weighted by Crippen LogP contribution is 2.07. The molecule has 0 fully saturated rings. The highest BCUT2D eigenvalue weighted by Gasteiger charge is 2.25. The summed E-state index contributed by atoms with van der Waals surface area (Å²) < 4.78 is 4.99. The summed E-state index contributed by atoms with van der Waals surface area (Å²) in [7, 11) is 0. The first-order valence-electron chi connectivity index (χ1n) is 6.36. The molecule has 0 heterocycles. The van der Waals surface area contributed by atoms with Gasteiger partial charge < -0.3 is 25.4 Å². The normalized spacial score (nSPS) is 13.1. The van der Waals surface area contributed by atoms with Crippen LogP contribution in [-0.4, -0.2) is 76.8 Å². The van der Waals surface area contributed by atoms with E-state index in [2.05, 4.69) is 5.32 Å². The summed E-state index contributed by atoms with van der Waals surface area (Å²) in [4.78, 5) is 24.2. The van der Waals surface area contributed by atoms with Crippen molar-refractivity contribution in [3.63, 3.8) is 0 Å². The molecule has 118 valence electrons. The van der Waals surface area contributed by atoms with Crippen molar-refractivity contribution in [1.29, 1.82) is 0 Å². The predicted octanol–water partition coefficient (Wildman–Crippen LogP) is -0.749. The Balaban J connectivity index is 4.56. The van der Waals surface area contributed by atoms with Crippen LogP contribution in [0.3, 0.4) is 0 Å². The van der Waals surface area contributed by atoms with Crippen LogP contribution in [0.25, 0.3) is 0 Å². The van der Waals surface area contributed by atoms with E-state index < -0.39 is 23.7 Å². The second-order valence-corrected chi connectivity index (χ2v) is 5.28. The largest absolute Gasteiger partial charge is 0.480 e. The van der Waals surface area contributed by atoms with E-state index >= 15 is 0 Å². The van der Waals surface area contributed by atoms with Gasteiger partial charge in [-0.05, 0) is 20.8 Å². The Kier molecular flexibility index (Phi) is 8.12. The van der Waals surface area contributed by atoms with Crippen LogP contribution >= 0.6 is 0 Å². The lowest BCUT2D eigenvalue weighted by atomic mass is 10.2. The summed E-state index contributed by atoms with van der Waals surface area (Å²) >= 11 is 0. The second-order valence-electron chi connectivity index (χ2n) is 5.28. The average Bonchev–Trinajstić information content (AvgIpc) is 2.25. The van der Waals surface area contributed by atoms with Crippen molar-refractivity contribution >= 4 is 12.1 Å². The van der Waals surface area contributed by atoms with Gasteiger partial charge >= 0.3 is 12.1 Å². The lowest BCUT2D eigenvalue weighted by Crippen LogP contribution is -2.50. The fourth-order valence-corrected chi connectivity index (χ4v) is 1.47. The van der Waals surface area contributed by atoms with Crippen molar-refractivity contribution in [1.82, 2.24) is 10.2 Å². The van der Waals surface area contributed by atoms with Crippen molar-refractivity contribution in [2.45, 2.75) is 32.4 Å². The molecule has 0 saturated heterocycles. The summed E-state index contributed by atoms with van der Waals surface area (Å²) in [6.07, 6.45) is -0.821. The first-order valence-corrected chi connectivity index (χ1v) is 6.36. The number of ether oxygens (including phenoxy) is 1. The number of aliphatic carboxylic acids is 1. The highest BCUT2D eigenvalue weighted by molar-refractivity contribution is 5.80. The topological polar surface area (TPSA) is 119 Å². The smallest absolute Gasteiger partial charge is 0.408 e. The summed E-state index contributed by atoms with van der Waals surface area (Å²) in [5.41, 5.74) is -0.719. The maximum atomic E-state index is 11.6. The Morgan fingerprint density at radius 3 is 2.05 bits per heavy atom.